The predicted octanol–water partition coefficient (Wildman–Crippen LogP) is 1.08. The molecule has 1 saturated heterocycles. The zero-order valence-electron chi connectivity index (χ0n) is 9.73. The van der Waals surface area contributed by atoms with Gasteiger partial charge in [0.2, 0.25) is 0 Å². The monoisotopic (exact) mass is 221 g/mol. The smallest absolute Gasteiger partial charge is 0.0979 e. The Bertz CT molecular complexity index is 269. The Balaban J connectivity index is 2.06. The van der Waals surface area contributed by atoms with Crippen LogP contribution in [0, 0.1) is 6.42 Å². The molecule has 1 aliphatic heterocycles. The summed E-state index contributed by atoms with van der Waals surface area (Å²) in [6.07, 6.45) is 14.5. The van der Waals surface area contributed by atoms with Crippen molar-refractivity contribution in [1.29, 1.82) is 0 Å². The van der Waals surface area contributed by atoms with Crippen LogP contribution in [0.1, 0.15) is 19.3 Å². The summed E-state index contributed by atoms with van der Waals surface area (Å²) in [4.78, 5) is 2.46. The van der Waals surface area contributed by atoms with Gasteiger partial charge in [-0.2, -0.15) is 0 Å². The number of nitrogens with zero attached hydrogens (tertiary/aromatic N) is 1. The number of allylic oxidation sites excluding steroid dienone is 2. The van der Waals surface area contributed by atoms with Crippen LogP contribution in [0.5, 0.6) is 0 Å². The standard InChI is InChI=1S/C13H21N2O/c16-12-9-14-13(7-3-1-4-8-13)15-10-5-2-6-11-15/h1,3-4,7-8,14,16H,2,5-6,9-12H2. The van der Waals surface area contributed by atoms with E-state index < -0.39 is 0 Å². The lowest BCUT2D eigenvalue weighted by Gasteiger charge is -2.45. The molecule has 1 radical (unpaired) electrons. The summed E-state index contributed by atoms with van der Waals surface area (Å²) >= 11 is 0. The Morgan fingerprint density at radius 1 is 1.12 bits per heavy atom. The maximum atomic E-state index is 8.97. The minimum Gasteiger partial charge on any atom is -0.395 e. The van der Waals surface area contributed by atoms with E-state index in [-0.39, 0.29) is 12.3 Å². The summed E-state index contributed by atoms with van der Waals surface area (Å²) in [6, 6.07) is 0. The number of aliphatic hydroxyl groups is 1. The lowest BCUT2D eigenvalue weighted by molar-refractivity contribution is 0.0971. The predicted molar refractivity (Wildman–Crippen MR) is 65.8 cm³/mol. The molecule has 0 aromatic rings. The van der Waals surface area contributed by atoms with E-state index in [1.54, 1.807) is 0 Å². The van der Waals surface area contributed by atoms with Crippen molar-refractivity contribution in [1.82, 2.24) is 10.2 Å². The molecule has 1 aliphatic carbocycles. The highest BCUT2D eigenvalue weighted by molar-refractivity contribution is 5.29. The van der Waals surface area contributed by atoms with Gasteiger partial charge in [0.15, 0.2) is 0 Å². The zero-order valence-corrected chi connectivity index (χ0v) is 9.73. The number of rotatable bonds is 4. The van der Waals surface area contributed by atoms with Gasteiger partial charge in [-0.05, 0) is 18.9 Å². The van der Waals surface area contributed by atoms with Gasteiger partial charge in [0, 0.05) is 26.1 Å². The van der Waals surface area contributed by atoms with Crippen molar-refractivity contribution in [2.45, 2.75) is 24.9 Å². The van der Waals surface area contributed by atoms with Crippen LogP contribution >= 0.6 is 0 Å². The first-order valence-electron chi connectivity index (χ1n) is 6.19. The minimum atomic E-state index is -0.169. The molecule has 1 unspecified atom stereocenters. The Kier molecular flexibility index (Phi) is 4.16. The lowest BCUT2D eigenvalue weighted by atomic mass is 9.95. The summed E-state index contributed by atoms with van der Waals surface area (Å²) in [5.74, 6) is 0. The number of nitrogens with one attached hydrogen (secondary N) is 1. The number of piperidine rings is 1. The molecule has 1 atom stereocenters. The second kappa shape index (κ2) is 5.62. The van der Waals surface area contributed by atoms with Crippen LogP contribution in [0.3, 0.4) is 0 Å². The van der Waals surface area contributed by atoms with Crippen molar-refractivity contribution in [3.8, 4) is 0 Å². The quantitative estimate of drug-likeness (QED) is 0.745. The number of likely N-dealkylation sites (tertiary alicyclic amines) is 1. The molecule has 1 heterocycles. The van der Waals surface area contributed by atoms with E-state index in [1.807, 2.05) is 6.08 Å². The SMILES string of the molecule is OCCNC1(N2CCCCC2)[CH]C=CC=C1. The van der Waals surface area contributed by atoms with E-state index in [4.69, 9.17) is 5.11 Å². The minimum absolute atomic E-state index is 0.169. The van der Waals surface area contributed by atoms with Crippen molar-refractivity contribution in [2.24, 2.45) is 0 Å². The molecule has 0 bridgehead atoms. The normalized spacial score (nSPS) is 30.8. The maximum absolute atomic E-state index is 8.97. The van der Waals surface area contributed by atoms with Crippen molar-refractivity contribution >= 4 is 0 Å². The second-order valence-electron chi connectivity index (χ2n) is 4.43. The van der Waals surface area contributed by atoms with E-state index in [9.17, 15) is 0 Å². The summed E-state index contributed by atoms with van der Waals surface area (Å²) in [5.41, 5.74) is -0.169. The molecule has 0 amide bonds. The Hall–Kier alpha value is -0.640. The van der Waals surface area contributed by atoms with Gasteiger partial charge in [-0.25, -0.2) is 0 Å². The van der Waals surface area contributed by atoms with Gasteiger partial charge in [-0.1, -0.05) is 24.6 Å². The third-order valence-electron chi connectivity index (χ3n) is 3.32. The summed E-state index contributed by atoms with van der Waals surface area (Å²) in [6.45, 7) is 3.08. The fourth-order valence-corrected chi connectivity index (χ4v) is 2.48. The van der Waals surface area contributed by atoms with Gasteiger partial charge < -0.3 is 5.11 Å². The Labute approximate surface area is 97.8 Å². The van der Waals surface area contributed by atoms with Crippen molar-refractivity contribution < 1.29 is 5.11 Å². The van der Waals surface area contributed by atoms with E-state index >= 15 is 0 Å². The van der Waals surface area contributed by atoms with E-state index in [1.165, 1.54) is 19.3 Å². The fourth-order valence-electron chi connectivity index (χ4n) is 2.48. The van der Waals surface area contributed by atoms with Gasteiger partial charge in [0.25, 0.3) is 0 Å². The third-order valence-corrected chi connectivity index (χ3v) is 3.32. The molecule has 3 heteroatoms. The molecule has 89 valence electrons. The Morgan fingerprint density at radius 2 is 1.94 bits per heavy atom. The topological polar surface area (TPSA) is 35.5 Å². The molecule has 2 rings (SSSR count). The summed E-state index contributed by atoms with van der Waals surface area (Å²) in [7, 11) is 0. The van der Waals surface area contributed by atoms with Crippen LogP contribution in [0.4, 0.5) is 0 Å². The van der Waals surface area contributed by atoms with E-state index in [0.717, 1.165) is 13.1 Å². The summed E-state index contributed by atoms with van der Waals surface area (Å²) in [5, 5.41) is 12.4. The summed E-state index contributed by atoms with van der Waals surface area (Å²) < 4.78 is 0. The van der Waals surface area contributed by atoms with Crippen LogP contribution < -0.4 is 5.32 Å². The highest BCUT2D eigenvalue weighted by atomic mass is 16.3. The fraction of sp³-hybridized carbons (Fsp3) is 0.615. The second-order valence-corrected chi connectivity index (χ2v) is 4.43. The third kappa shape index (κ3) is 2.54. The molecule has 0 saturated carbocycles. The number of hydrogen-bond donors (Lipinski definition) is 2. The number of hydrogen-bond acceptors (Lipinski definition) is 3. The van der Waals surface area contributed by atoms with Crippen LogP contribution in [-0.2, 0) is 0 Å². The average Bonchev–Trinajstić information content (AvgIpc) is 2.38. The van der Waals surface area contributed by atoms with Gasteiger partial charge in [0.05, 0.1) is 12.3 Å². The van der Waals surface area contributed by atoms with Crippen molar-refractivity contribution in [3.63, 3.8) is 0 Å². The largest absolute Gasteiger partial charge is 0.395 e. The molecule has 2 aliphatic rings. The van der Waals surface area contributed by atoms with Crippen molar-refractivity contribution in [2.75, 3.05) is 26.2 Å². The van der Waals surface area contributed by atoms with Gasteiger partial charge in [-0.15, -0.1) is 0 Å². The van der Waals surface area contributed by atoms with E-state index in [2.05, 4.69) is 34.9 Å². The van der Waals surface area contributed by atoms with Gasteiger partial charge >= 0.3 is 0 Å². The molecule has 3 nitrogen and oxygen atoms in total. The van der Waals surface area contributed by atoms with Gasteiger partial charge in [-0.3, -0.25) is 10.2 Å². The first-order chi connectivity index (χ1) is 7.87. The van der Waals surface area contributed by atoms with Crippen LogP contribution in [0.25, 0.3) is 0 Å². The lowest BCUT2D eigenvalue weighted by Crippen LogP contribution is -2.60. The molecule has 16 heavy (non-hydrogen) atoms. The Morgan fingerprint density at radius 3 is 2.56 bits per heavy atom. The number of aliphatic hydroxyl groups excluding tert-OH is 1. The molecular formula is C13H21N2O. The van der Waals surface area contributed by atoms with Crippen LogP contribution in [0.15, 0.2) is 24.3 Å². The first-order valence-corrected chi connectivity index (χ1v) is 6.19. The van der Waals surface area contributed by atoms with Crippen molar-refractivity contribution in [3.05, 3.63) is 30.7 Å². The zero-order chi connectivity index (χ0) is 11.3. The molecule has 1 fully saturated rings. The van der Waals surface area contributed by atoms with E-state index in [0.29, 0.717) is 6.54 Å². The molecule has 0 aromatic carbocycles. The highest BCUT2D eigenvalue weighted by Gasteiger charge is 2.34. The average molecular weight is 221 g/mol. The van der Waals surface area contributed by atoms with Crippen LogP contribution in [-0.4, -0.2) is 41.9 Å². The molecule has 0 spiro atoms. The molecule has 0 aromatic heterocycles. The molecular weight excluding hydrogens is 200 g/mol. The van der Waals surface area contributed by atoms with Gasteiger partial charge in [0.1, 0.15) is 0 Å². The first kappa shape index (κ1) is 11.8. The molecule has 2 N–H and O–H groups in total. The maximum Gasteiger partial charge on any atom is 0.0979 e. The van der Waals surface area contributed by atoms with Crippen LogP contribution in [0.2, 0.25) is 0 Å². The highest BCUT2D eigenvalue weighted by Crippen LogP contribution is 2.25.